The van der Waals surface area contributed by atoms with Crippen LogP contribution >= 0.6 is 46.4 Å². The number of aromatic nitrogens is 1. The standard InChI is InChI=1S/C11H5Cl4NO/c12-5-1-7(11(15)8(13)2-5)6-3-10(14)16-4-9(6)17/h1-4,17H. The zero-order chi connectivity index (χ0) is 12.6. The van der Waals surface area contributed by atoms with Crippen molar-refractivity contribution in [3.63, 3.8) is 0 Å². The van der Waals surface area contributed by atoms with Crippen LogP contribution in [0.3, 0.4) is 0 Å². The molecule has 1 aromatic carbocycles. The minimum absolute atomic E-state index is 0.0466. The predicted octanol–water partition coefficient (Wildman–Crippen LogP) is 5.07. The fraction of sp³-hybridized carbons (Fsp3) is 0. The molecule has 2 aromatic rings. The van der Waals surface area contributed by atoms with Gasteiger partial charge in [0.25, 0.3) is 0 Å². The molecule has 0 aliphatic rings. The van der Waals surface area contributed by atoms with Gasteiger partial charge < -0.3 is 5.11 Å². The van der Waals surface area contributed by atoms with Gasteiger partial charge in [0.1, 0.15) is 10.9 Å². The van der Waals surface area contributed by atoms with Crippen molar-refractivity contribution in [2.45, 2.75) is 0 Å². The van der Waals surface area contributed by atoms with Gasteiger partial charge in [0.2, 0.25) is 0 Å². The highest BCUT2D eigenvalue weighted by atomic mass is 35.5. The SMILES string of the molecule is Oc1cnc(Cl)cc1-c1cc(Cl)cc(Cl)c1Cl. The van der Waals surface area contributed by atoms with Gasteiger partial charge in [-0.2, -0.15) is 0 Å². The lowest BCUT2D eigenvalue weighted by atomic mass is 10.1. The van der Waals surface area contributed by atoms with E-state index in [1.54, 1.807) is 6.07 Å². The molecule has 2 rings (SSSR count). The smallest absolute Gasteiger partial charge is 0.141 e. The lowest BCUT2D eigenvalue weighted by molar-refractivity contribution is 0.475. The average molecular weight is 309 g/mol. The third-order valence-corrected chi connectivity index (χ3v) is 3.36. The largest absolute Gasteiger partial charge is 0.506 e. The summed E-state index contributed by atoms with van der Waals surface area (Å²) < 4.78 is 0. The maximum Gasteiger partial charge on any atom is 0.141 e. The molecule has 0 atom stereocenters. The highest BCUT2D eigenvalue weighted by Gasteiger charge is 2.13. The Morgan fingerprint density at radius 1 is 0.941 bits per heavy atom. The van der Waals surface area contributed by atoms with Crippen LogP contribution in [0.1, 0.15) is 0 Å². The van der Waals surface area contributed by atoms with E-state index in [2.05, 4.69) is 4.98 Å². The van der Waals surface area contributed by atoms with E-state index in [1.165, 1.54) is 18.3 Å². The van der Waals surface area contributed by atoms with E-state index in [4.69, 9.17) is 46.4 Å². The zero-order valence-corrected chi connectivity index (χ0v) is 11.2. The van der Waals surface area contributed by atoms with Gasteiger partial charge >= 0.3 is 0 Å². The molecule has 0 unspecified atom stereocenters. The predicted molar refractivity (Wildman–Crippen MR) is 71.4 cm³/mol. The topological polar surface area (TPSA) is 33.1 Å². The lowest BCUT2D eigenvalue weighted by Crippen LogP contribution is -1.85. The van der Waals surface area contributed by atoms with E-state index in [0.29, 0.717) is 26.2 Å². The molecule has 17 heavy (non-hydrogen) atoms. The van der Waals surface area contributed by atoms with Gasteiger partial charge in [0.15, 0.2) is 0 Å². The minimum atomic E-state index is -0.0466. The van der Waals surface area contributed by atoms with Crippen LogP contribution in [0.4, 0.5) is 0 Å². The quantitative estimate of drug-likeness (QED) is 0.589. The zero-order valence-electron chi connectivity index (χ0n) is 8.22. The van der Waals surface area contributed by atoms with E-state index >= 15 is 0 Å². The van der Waals surface area contributed by atoms with E-state index in [0.717, 1.165) is 0 Å². The molecule has 1 heterocycles. The van der Waals surface area contributed by atoms with Crippen LogP contribution in [0.2, 0.25) is 20.2 Å². The molecule has 0 bridgehead atoms. The van der Waals surface area contributed by atoms with Crippen LogP contribution < -0.4 is 0 Å². The molecule has 2 nitrogen and oxygen atoms in total. The van der Waals surface area contributed by atoms with Crippen molar-refractivity contribution >= 4 is 46.4 Å². The number of pyridine rings is 1. The van der Waals surface area contributed by atoms with Gasteiger partial charge in [-0.15, -0.1) is 0 Å². The molecule has 0 radical (unpaired) electrons. The first-order valence-electron chi connectivity index (χ1n) is 4.48. The Kier molecular flexibility index (Phi) is 3.69. The molecule has 1 N–H and O–H groups in total. The molecule has 1 aromatic heterocycles. The molecule has 0 saturated carbocycles. The van der Waals surface area contributed by atoms with Gasteiger partial charge in [0.05, 0.1) is 16.2 Å². The van der Waals surface area contributed by atoms with Gasteiger partial charge in [-0.05, 0) is 18.2 Å². The summed E-state index contributed by atoms with van der Waals surface area (Å²) in [6.45, 7) is 0. The molecule has 0 amide bonds. The summed E-state index contributed by atoms with van der Waals surface area (Å²) in [6, 6.07) is 4.61. The minimum Gasteiger partial charge on any atom is -0.506 e. The Balaban J connectivity index is 2.72. The summed E-state index contributed by atoms with van der Waals surface area (Å²) in [5.74, 6) is -0.0466. The van der Waals surface area contributed by atoms with Crippen LogP contribution in [0.15, 0.2) is 24.4 Å². The molecule has 0 fully saturated rings. The fourth-order valence-electron chi connectivity index (χ4n) is 1.39. The molecule has 6 heteroatoms. The number of benzene rings is 1. The first-order chi connectivity index (χ1) is 7.99. The molecule has 88 valence electrons. The molecule has 0 saturated heterocycles. The molecule has 0 aliphatic heterocycles. The second-order valence-corrected chi connectivity index (χ2v) is 4.88. The highest BCUT2D eigenvalue weighted by molar-refractivity contribution is 6.45. The van der Waals surface area contributed by atoms with Crippen molar-refractivity contribution in [2.75, 3.05) is 0 Å². The van der Waals surface area contributed by atoms with Gasteiger partial charge in [-0.3, -0.25) is 0 Å². The Bertz CT molecular complexity index is 586. The van der Waals surface area contributed by atoms with Crippen molar-refractivity contribution < 1.29 is 5.11 Å². The fourth-order valence-corrected chi connectivity index (χ4v) is 2.25. The van der Waals surface area contributed by atoms with Crippen molar-refractivity contribution in [3.05, 3.63) is 44.6 Å². The van der Waals surface area contributed by atoms with Gasteiger partial charge in [-0.1, -0.05) is 46.4 Å². The number of aromatic hydroxyl groups is 1. The summed E-state index contributed by atoms with van der Waals surface area (Å²) in [4.78, 5) is 3.75. The van der Waals surface area contributed by atoms with Crippen LogP contribution in [0, 0.1) is 0 Å². The van der Waals surface area contributed by atoms with Crippen molar-refractivity contribution in [2.24, 2.45) is 0 Å². The highest BCUT2D eigenvalue weighted by Crippen LogP contribution is 2.40. The van der Waals surface area contributed by atoms with E-state index < -0.39 is 0 Å². The van der Waals surface area contributed by atoms with E-state index in [9.17, 15) is 5.11 Å². The summed E-state index contributed by atoms with van der Waals surface area (Å²) >= 11 is 23.6. The van der Waals surface area contributed by atoms with Crippen LogP contribution in [-0.2, 0) is 0 Å². The molecular weight excluding hydrogens is 304 g/mol. The van der Waals surface area contributed by atoms with Gasteiger partial charge in [0, 0.05) is 16.1 Å². The van der Waals surface area contributed by atoms with Crippen molar-refractivity contribution in [1.29, 1.82) is 0 Å². The number of halogens is 4. The third-order valence-electron chi connectivity index (χ3n) is 2.13. The van der Waals surface area contributed by atoms with Gasteiger partial charge in [-0.25, -0.2) is 4.98 Å². The molecule has 0 aliphatic carbocycles. The summed E-state index contributed by atoms with van der Waals surface area (Å²) in [5, 5.41) is 11.0. The third kappa shape index (κ3) is 2.61. The Hall–Kier alpha value is -0.670. The maximum absolute atomic E-state index is 9.73. The Morgan fingerprint density at radius 3 is 2.35 bits per heavy atom. The monoisotopic (exact) mass is 307 g/mol. The number of hydrogen-bond acceptors (Lipinski definition) is 2. The average Bonchev–Trinajstić information content (AvgIpc) is 2.27. The van der Waals surface area contributed by atoms with Crippen LogP contribution in [0.25, 0.3) is 11.1 Å². The summed E-state index contributed by atoms with van der Waals surface area (Å²) in [7, 11) is 0. The first-order valence-corrected chi connectivity index (χ1v) is 5.99. The van der Waals surface area contributed by atoms with Crippen molar-refractivity contribution in [3.8, 4) is 16.9 Å². The van der Waals surface area contributed by atoms with Crippen LogP contribution in [0.5, 0.6) is 5.75 Å². The number of hydrogen-bond donors (Lipinski definition) is 1. The molecule has 0 spiro atoms. The maximum atomic E-state index is 9.73. The second kappa shape index (κ2) is 4.91. The Morgan fingerprint density at radius 2 is 1.65 bits per heavy atom. The van der Waals surface area contributed by atoms with E-state index in [1.807, 2.05) is 0 Å². The summed E-state index contributed by atoms with van der Waals surface area (Å²) in [6.07, 6.45) is 1.24. The van der Waals surface area contributed by atoms with Crippen molar-refractivity contribution in [1.82, 2.24) is 4.98 Å². The Labute approximate surface area is 118 Å². The number of nitrogens with zero attached hydrogens (tertiary/aromatic N) is 1. The first kappa shape index (κ1) is 12.8. The van der Waals surface area contributed by atoms with Crippen LogP contribution in [-0.4, -0.2) is 10.1 Å². The lowest BCUT2D eigenvalue weighted by Gasteiger charge is -2.09. The summed E-state index contributed by atoms with van der Waals surface area (Å²) in [5.41, 5.74) is 0.936. The molecular formula is C11H5Cl4NO. The second-order valence-electron chi connectivity index (χ2n) is 3.27. The normalized spacial score (nSPS) is 10.6. The van der Waals surface area contributed by atoms with E-state index in [-0.39, 0.29) is 10.9 Å². The number of rotatable bonds is 1.